The van der Waals surface area contributed by atoms with Crippen LogP contribution in [0, 0.1) is 23.7 Å². The predicted octanol–water partition coefficient (Wildman–Crippen LogP) is 3.61. The fourth-order valence-corrected chi connectivity index (χ4v) is 4.46. The Morgan fingerprint density at radius 1 is 0.500 bits per heavy atom. The molecule has 2 unspecified atom stereocenters. The second kappa shape index (κ2) is 2.75. The van der Waals surface area contributed by atoms with Crippen molar-refractivity contribution >= 4 is 0 Å². The van der Waals surface area contributed by atoms with Gasteiger partial charge in [-0.15, -0.1) is 0 Å². The molecule has 0 bridgehead atoms. The van der Waals surface area contributed by atoms with Crippen molar-refractivity contribution in [2.75, 3.05) is 0 Å². The molecular formula is C12H20. The number of hydrogen-bond acceptors (Lipinski definition) is 0. The summed E-state index contributed by atoms with van der Waals surface area (Å²) in [5.74, 6) is 4.72. The van der Waals surface area contributed by atoms with Crippen LogP contribution in [-0.2, 0) is 0 Å². The van der Waals surface area contributed by atoms with Gasteiger partial charge in [0, 0.05) is 0 Å². The van der Waals surface area contributed by atoms with Gasteiger partial charge in [0.15, 0.2) is 0 Å². The summed E-state index contributed by atoms with van der Waals surface area (Å²) in [6.45, 7) is 0. The van der Waals surface area contributed by atoms with Crippen LogP contribution in [0.2, 0.25) is 0 Å². The van der Waals surface area contributed by atoms with Crippen LogP contribution in [0.3, 0.4) is 0 Å². The summed E-state index contributed by atoms with van der Waals surface area (Å²) >= 11 is 0. The van der Waals surface area contributed by atoms with Gasteiger partial charge >= 0.3 is 0 Å². The monoisotopic (exact) mass is 164 g/mol. The zero-order chi connectivity index (χ0) is 7.97. The highest BCUT2D eigenvalue weighted by molar-refractivity contribution is 4.94. The normalized spacial score (nSPS) is 52.0. The first-order valence-electron chi connectivity index (χ1n) is 5.95. The van der Waals surface area contributed by atoms with E-state index in [4.69, 9.17) is 0 Å². The highest BCUT2D eigenvalue weighted by atomic mass is 14.5. The maximum atomic E-state index is 1.59. The standard InChI is InChI=1S/C12H20/c1-3-9-4-2-6-11-8-7-10(5-1)12(9)11/h9-12H,1-8H2/t9?,10-,11+,12?. The largest absolute Gasteiger partial charge is 0.0528 e. The Balaban J connectivity index is 1.84. The van der Waals surface area contributed by atoms with Crippen molar-refractivity contribution in [2.45, 2.75) is 51.4 Å². The van der Waals surface area contributed by atoms with Crippen LogP contribution in [0.1, 0.15) is 51.4 Å². The second-order valence-corrected chi connectivity index (χ2v) is 5.30. The molecule has 3 fully saturated rings. The van der Waals surface area contributed by atoms with Crippen LogP contribution in [0.4, 0.5) is 0 Å². The van der Waals surface area contributed by atoms with Gasteiger partial charge in [-0.25, -0.2) is 0 Å². The van der Waals surface area contributed by atoms with Gasteiger partial charge in [0.05, 0.1) is 0 Å². The number of rotatable bonds is 0. The average molecular weight is 164 g/mol. The molecule has 3 saturated carbocycles. The van der Waals surface area contributed by atoms with Gasteiger partial charge in [-0.3, -0.25) is 0 Å². The summed E-state index contributed by atoms with van der Waals surface area (Å²) in [6, 6.07) is 0. The van der Waals surface area contributed by atoms with Crippen molar-refractivity contribution in [3.8, 4) is 0 Å². The molecule has 3 rings (SSSR count). The quantitative estimate of drug-likeness (QED) is 0.513. The van der Waals surface area contributed by atoms with Crippen LogP contribution in [0.5, 0.6) is 0 Å². The molecule has 3 aliphatic carbocycles. The molecule has 0 nitrogen and oxygen atoms in total. The first-order chi connectivity index (χ1) is 5.95. The molecule has 0 aromatic heterocycles. The third-order valence-corrected chi connectivity index (χ3v) is 4.84. The van der Waals surface area contributed by atoms with E-state index in [0.29, 0.717) is 0 Å². The van der Waals surface area contributed by atoms with Crippen LogP contribution in [0.15, 0.2) is 0 Å². The van der Waals surface area contributed by atoms with E-state index < -0.39 is 0 Å². The van der Waals surface area contributed by atoms with E-state index in [9.17, 15) is 0 Å². The zero-order valence-corrected chi connectivity index (χ0v) is 7.97. The Morgan fingerprint density at radius 3 is 1.42 bits per heavy atom. The van der Waals surface area contributed by atoms with Gasteiger partial charge in [-0.1, -0.05) is 38.5 Å². The maximum absolute atomic E-state index is 1.59. The molecule has 0 heterocycles. The van der Waals surface area contributed by atoms with Gasteiger partial charge in [0.2, 0.25) is 0 Å². The molecule has 0 spiro atoms. The van der Waals surface area contributed by atoms with E-state index in [1.807, 2.05) is 0 Å². The predicted molar refractivity (Wildman–Crippen MR) is 50.9 cm³/mol. The minimum atomic E-state index is 1.17. The van der Waals surface area contributed by atoms with Crippen LogP contribution in [0.25, 0.3) is 0 Å². The van der Waals surface area contributed by atoms with Gasteiger partial charge in [-0.05, 0) is 36.5 Å². The molecule has 4 atom stereocenters. The molecule has 12 heavy (non-hydrogen) atoms. The van der Waals surface area contributed by atoms with E-state index in [1.54, 1.807) is 51.4 Å². The van der Waals surface area contributed by atoms with Gasteiger partial charge in [0.1, 0.15) is 0 Å². The highest BCUT2D eigenvalue weighted by Gasteiger charge is 2.44. The Bertz CT molecular complexity index is 155. The highest BCUT2D eigenvalue weighted by Crippen LogP contribution is 2.54. The third kappa shape index (κ3) is 0.963. The first kappa shape index (κ1) is 7.41. The van der Waals surface area contributed by atoms with E-state index in [1.165, 1.54) is 23.7 Å². The minimum Gasteiger partial charge on any atom is -0.0528 e. The van der Waals surface area contributed by atoms with E-state index in [-0.39, 0.29) is 0 Å². The molecule has 0 saturated heterocycles. The summed E-state index contributed by atoms with van der Waals surface area (Å²) in [4.78, 5) is 0. The molecule has 0 heteroatoms. The minimum absolute atomic E-state index is 1.17. The molecule has 0 aromatic rings. The van der Waals surface area contributed by atoms with E-state index >= 15 is 0 Å². The average Bonchev–Trinajstić information content (AvgIpc) is 2.52. The van der Waals surface area contributed by atoms with Crippen molar-refractivity contribution in [3.63, 3.8) is 0 Å². The molecular weight excluding hydrogens is 144 g/mol. The van der Waals surface area contributed by atoms with Crippen LogP contribution >= 0.6 is 0 Å². The molecule has 0 amide bonds. The lowest BCUT2D eigenvalue weighted by molar-refractivity contribution is 0.0951. The molecule has 3 aliphatic rings. The fraction of sp³-hybridized carbons (Fsp3) is 1.00. The van der Waals surface area contributed by atoms with Gasteiger partial charge < -0.3 is 0 Å². The van der Waals surface area contributed by atoms with Crippen LogP contribution < -0.4 is 0 Å². The Morgan fingerprint density at radius 2 is 0.917 bits per heavy atom. The maximum Gasteiger partial charge on any atom is -0.0329 e. The lowest BCUT2D eigenvalue weighted by Gasteiger charge is -2.40. The van der Waals surface area contributed by atoms with Crippen molar-refractivity contribution in [1.82, 2.24) is 0 Å². The third-order valence-electron chi connectivity index (χ3n) is 4.84. The van der Waals surface area contributed by atoms with Gasteiger partial charge in [0.25, 0.3) is 0 Å². The molecule has 68 valence electrons. The molecule has 0 N–H and O–H groups in total. The summed E-state index contributed by atoms with van der Waals surface area (Å²) in [6.07, 6.45) is 12.6. The summed E-state index contributed by atoms with van der Waals surface area (Å²) in [7, 11) is 0. The van der Waals surface area contributed by atoms with Crippen molar-refractivity contribution in [1.29, 1.82) is 0 Å². The van der Waals surface area contributed by atoms with Crippen LogP contribution in [-0.4, -0.2) is 0 Å². The SMILES string of the molecule is C1CC2CCC[C@H]3CC[C@@H](C1)C23. The topological polar surface area (TPSA) is 0 Å². The Kier molecular flexibility index (Phi) is 1.70. The first-order valence-corrected chi connectivity index (χ1v) is 5.95. The lowest BCUT2D eigenvalue weighted by Crippen LogP contribution is -2.31. The molecule has 0 aromatic carbocycles. The van der Waals surface area contributed by atoms with Crippen molar-refractivity contribution in [3.05, 3.63) is 0 Å². The van der Waals surface area contributed by atoms with Crippen molar-refractivity contribution in [2.24, 2.45) is 23.7 Å². The van der Waals surface area contributed by atoms with Gasteiger partial charge in [-0.2, -0.15) is 0 Å². The Hall–Kier alpha value is 0. The Labute approximate surface area is 75.7 Å². The number of hydrogen-bond donors (Lipinski definition) is 0. The summed E-state index contributed by atoms with van der Waals surface area (Å²) < 4.78 is 0. The van der Waals surface area contributed by atoms with E-state index in [2.05, 4.69) is 0 Å². The smallest absolute Gasteiger partial charge is 0.0329 e. The molecule has 0 radical (unpaired) electrons. The summed E-state index contributed by atoms with van der Waals surface area (Å²) in [5, 5.41) is 0. The zero-order valence-electron chi connectivity index (χ0n) is 7.97. The lowest BCUT2D eigenvalue weighted by atomic mass is 9.65. The van der Waals surface area contributed by atoms with Crippen molar-refractivity contribution < 1.29 is 0 Å². The second-order valence-electron chi connectivity index (χ2n) is 5.30. The summed E-state index contributed by atoms with van der Waals surface area (Å²) in [5.41, 5.74) is 0. The molecule has 0 aliphatic heterocycles. The van der Waals surface area contributed by atoms with E-state index in [0.717, 1.165) is 0 Å². The fourth-order valence-electron chi connectivity index (χ4n) is 4.46.